The highest BCUT2D eigenvalue weighted by Gasteiger charge is 2.08. The molecular weight excluding hydrogens is 260 g/mol. The Morgan fingerprint density at radius 2 is 2.10 bits per heavy atom. The molecule has 0 aromatic carbocycles. The second-order valence-electron chi connectivity index (χ2n) is 4.27. The summed E-state index contributed by atoms with van der Waals surface area (Å²) >= 11 is 0. The van der Waals surface area contributed by atoms with Crippen LogP contribution in [0.25, 0.3) is 0 Å². The largest absolute Gasteiger partial charge is 0.465 e. The minimum atomic E-state index is -0.414. The van der Waals surface area contributed by atoms with Gasteiger partial charge in [0.25, 0.3) is 5.56 Å². The first-order chi connectivity index (χ1) is 9.69. The summed E-state index contributed by atoms with van der Waals surface area (Å²) in [5, 5.41) is 0. The smallest absolute Gasteiger partial charge is 0.326 e. The minimum Gasteiger partial charge on any atom is -0.465 e. The summed E-state index contributed by atoms with van der Waals surface area (Å²) in [6.45, 7) is 5.32. The molecular formula is C14H22N2O4. The molecule has 0 bridgehead atoms. The second kappa shape index (κ2) is 9.25. The fourth-order valence-electron chi connectivity index (χ4n) is 1.78. The predicted molar refractivity (Wildman–Crippen MR) is 74.6 cm³/mol. The Balaban J connectivity index is 2.56. The number of rotatable bonds is 9. The van der Waals surface area contributed by atoms with Crippen molar-refractivity contribution in [1.29, 1.82) is 0 Å². The van der Waals surface area contributed by atoms with Crippen molar-refractivity contribution in [3.8, 4) is 0 Å². The van der Waals surface area contributed by atoms with Gasteiger partial charge in [-0.2, -0.15) is 0 Å². The number of ether oxygens (including phenoxy) is 2. The quantitative estimate of drug-likeness (QED) is 0.502. The van der Waals surface area contributed by atoms with Gasteiger partial charge in [-0.1, -0.05) is 0 Å². The molecule has 0 radical (unpaired) electrons. The molecule has 0 fully saturated rings. The molecule has 1 aromatic heterocycles. The van der Waals surface area contributed by atoms with Gasteiger partial charge in [-0.15, -0.1) is 0 Å². The lowest BCUT2D eigenvalue weighted by Crippen LogP contribution is -2.28. The molecule has 0 aliphatic rings. The van der Waals surface area contributed by atoms with Crippen molar-refractivity contribution in [2.45, 2.75) is 39.7 Å². The van der Waals surface area contributed by atoms with Crippen LogP contribution >= 0.6 is 0 Å². The molecule has 1 heterocycles. The van der Waals surface area contributed by atoms with Crippen LogP contribution in [0.15, 0.2) is 17.2 Å². The van der Waals surface area contributed by atoms with Gasteiger partial charge in [0, 0.05) is 25.6 Å². The van der Waals surface area contributed by atoms with E-state index in [1.807, 2.05) is 6.92 Å². The molecule has 0 spiro atoms. The Bertz CT molecular complexity index is 470. The average molecular weight is 282 g/mol. The number of carbonyl (C=O) groups excluding carboxylic acids is 1. The van der Waals surface area contributed by atoms with Crippen LogP contribution in [0.1, 0.15) is 32.4 Å². The SMILES string of the molecule is CCOCCCCc1nccn(CC(=O)OCC)c1=O. The molecule has 1 rings (SSSR count). The number of hydrogen-bond donors (Lipinski definition) is 0. The van der Waals surface area contributed by atoms with Gasteiger partial charge >= 0.3 is 5.97 Å². The predicted octanol–water partition coefficient (Wildman–Crippen LogP) is 1.17. The molecule has 0 unspecified atom stereocenters. The molecule has 20 heavy (non-hydrogen) atoms. The van der Waals surface area contributed by atoms with Crippen LogP contribution in [-0.2, 0) is 27.2 Å². The highest BCUT2D eigenvalue weighted by atomic mass is 16.5. The van der Waals surface area contributed by atoms with Crippen molar-refractivity contribution >= 4 is 5.97 Å². The first-order valence-corrected chi connectivity index (χ1v) is 6.96. The Morgan fingerprint density at radius 3 is 2.80 bits per heavy atom. The van der Waals surface area contributed by atoms with Crippen molar-refractivity contribution in [3.63, 3.8) is 0 Å². The van der Waals surface area contributed by atoms with E-state index in [0.717, 1.165) is 12.8 Å². The molecule has 6 heteroatoms. The van der Waals surface area contributed by atoms with Gasteiger partial charge in [0.2, 0.25) is 0 Å². The monoisotopic (exact) mass is 282 g/mol. The molecule has 0 atom stereocenters. The van der Waals surface area contributed by atoms with Crippen molar-refractivity contribution < 1.29 is 14.3 Å². The zero-order valence-corrected chi connectivity index (χ0v) is 12.1. The molecule has 0 saturated heterocycles. The summed E-state index contributed by atoms with van der Waals surface area (Å²) in [5.74, 6) is -0.414. The van der Waals surface area contributed by atoms with Crippen molar-refractivity contribution in [3.05, 3.63) is 28.4 Å². The van der Waals surface area contributed by atoms with E-state index in [9.17, 15) is 9.59 Å². The molecule has 0 N–H and O–H groups in total. The lowest BCUT2D eigenvalue weighted by atomic mass is 10.2. The van der Waals surface area contributed by atoms with Gasteiger partial charge in [0.15, 0.2) is 0 Å². The summed E-state index contributed by atoms with van der Waals surface area (Å²) in [6, 6.07) is 0. The lowest BCUT2D eigenvalue weighted by molar-refractivity contribution is -0.143. The first-order valence-electron chi connectivity index (χ1n) is 6.96. The summed E-state index contributed by atoms with van der Waals surface area (Å²) in [5.41, 5.74) is 0.255. The normalized spacial score (nSPS) is 10.5. The molecule has 6 nitrogen and oxygen atoms in total. The fraction of sp³-hybridized carbons (Fsp3) is 0.643. The Kier molecular flexibility index (Phi) is 7.57. The van der Waals surface area contributed by atoms with E-state index in [0.29, 0.717) is 31.9 Å². The summed E-state index contributed by atoms with van der Waals surface area (Å²) in [6.07, 6.45) is 5.37. The van der Waals surface area contributed by atoms with Crippen molar-refractivity contribution in [2.75, 3.05) is 19.8 Å². The van der Waals surface area contributed by atoms with Crippen molar-refractivity contribution in [1.82, 2.24) is 9.55 Å². The standard InChI is InChI=1S/C14H22N2O4/c1-3-19-10-6-5-7-12-14(18)16(9-8-15-12)11-13(17)20-4-2/h8-9H,3-7,10-11H2,1-2H3. The average Bonchev–Trinajstić information content (AvgIpc) is 2.42. The van der Waals surface area contributed by atoms with E-state index < -0.39 is 5.97 Å². The summed E-state index contributed by atoms with van der Waals surface area (Å²) < 4.78 is 11.4. The topological polar surface area (TPSA) is 70.4 Å². The fourth-order valence-corrected chi connectivity index (χ4v) is 1.78. The summed E-state index contributed by atoms with van der Waals surface area (Å²) in [4.78, 5) is 27.6. The van der Waals surface area contributed by atoms with Crippen LogP contribution in [-0.4, -0.2) is 35.3 Å². The zero-order chi connectivity index (χ0) is 14.8. The highest BCUT2D eigenvalue weighted by molar-refractivity contribution is 5.69. The number of nitrogens with zero attached hydrogens (tertiary/aromatic N) is 2. The van der Waals surface area contributed by atoms with Gasteiger partial charge in [0.05, 0.1) is 6.61 Å². The maximum Gasteiger partial charge on any atom is 0.326 e. The maximum atomic E-state index is 12.1. The van der Waals surface area contributed by atoms with E-state index >= 15 is 0 Å². The third kappa shape index (κ3) is 5.52. The van der Waals surface area contributed by atoms with E-state index in [2.05, 4.69) is 4.98 Å². The zero-order valence-electron chi connectivity index (χ0n) is 12.1. The minimum absolute atomic E-state index is 0.0683. The maximum absolute atomic E-state index is 12.1. The van der Waals surface area contributed by atoms with E-state index in [1.54, 1.807) is 13.1 Å². The number of aryl methyl sites for hydroxylation is 1. The molecule has 0 saturated carbocycles. The molecule has 112 valence electrons. The number of unbranched alkanes of at least 4 members (excludes halogenated alkanes) is 1. The number of hydrogen-bond acceptors (Lipinski definition) is 5. The first kappa shape index (κ1) is 16.4. The van der Waals surface area contributed by atoms with Crippen LogP contribution < -0.4 is 5.56 Å². The molecule has 0 aliphatic heterocycles. The second-order valence-corrected chi connectivity index (χ2v) is 4.27. The third-order valence-corrected chi connectivity index (χ3v) is 2.75. The summed E-state index contributed by atoms with van der Waals surface area (Å²) in [7, 11) is 0. The van der Waals surface area contributed by atoms with Gasteiger partial charge in [-0.05, 0) is 33.1 Å². The van der Waals surface area contributed by atoms with Crippen LogP contribution in [0.2, 0.25) is 0 Å². The van der Waals surface area contributed by atoms with Gasteiger partial charge in [-0.3, -0.25) is 14.6 Å². The molecule has 0 amide bonds. The van der Waals surface area contributed by atoms with Crippen LogP contribution in [0.3, 0.4) is 0 Å². The van der Waals surface area contributed by atoms with Gasteiger partial charge < -0.3 is 14.0 Å². The van der Waals surface area contributed by atoms with Gasteiger partial charge in [0.1, 0.15) is 12.2 Å². The highest BCUT2D eigenvalue weighted by Crippen LogP contribution is 1.98. The van der Waals surface area contributed by atoms with Gasteiger partial charge in [-0.25, -0.2) is 0 Å². The lowest BCUT2D eigenvalue weighted by Gasteiger charge is -2.07. The Morgan fingerprint density at radius 1 is 1.30 bits per heavy atom. The third-order valence-electron chi connectivity index (χ3n) is 2.75. The van der Waals surface area contributed by atoms with E-state index in [4.69, 9.17) is 9.47 Å². The van der Waals surface area contributed by atoms with Crippen LogP contribution in [0.4, 0.5) is 0 Å². The van der Waals surface area contributed by atoms with Crippen LogP contribution in [0, 0.1) is 0 Å². The van der Waals surface area contributed by atoms with E-state index in [-0.39, 0.29) is 12.1 Å². The van der Waals surface area contributed by atoms with Crippen LogP contribution in [0.5, 0.6) is 0 Å². The number of carbonyl (C=O) groups is 1. The van der Waals surface area contributed by atoms with Crippen molar-refractivity contribution in [2.24, 2.45) is 0 Å². The Labute approximate surface area is 118 Å². The number of esters is 1. The Hall–Kier alpha value is -1.69. The number of aromatic nitrogens is 2. The molecule has 1 aromatic rings. The van der Waals surface area contributed by atoms with E-state index in [1.165, 1.54) is 10.8 Å². The molecule has 0 aliphatic carbocycles.